The molecule has 2 amide bonds. The summed E-state index contributed by atoms with van der Waals surface area (Å²) >= 11 is 0. The van der Waals surface area contributed by atoms with E-state index >= 15 is 0 Å². The molecule has 8 heteroatoms. The lowest BCUT2D eigenvalue weighted by Crippen LogP contribution is -2.54. The highest BCUT2D eigenvalue weighted by Crippen LogP contribution is 2.27. The standard InChI is InChI=1S/C25H38N4O4/c1-2-26-10-12-27(13-11-26)20-25(31)29-9-8-23(33-22-6-4-3-5-7-22)21(19-29)18-24(30)28-14-16-32-17-15-28/h3-7,21,23H,2,8-20H2,1H3/t21-,23-/m0/s1. The molecule has 0 unspecified atom stereocenters. The number of carbonyl (C=O) groups is 2. The van der Waals surface area contributed by atoms with Crippen LogP contribution in [0.1, 0.15) is 19.8 Å². The SMILES string of the molecule is CCN1CCN(CC(=O)N2CC[C@H](Oc3ccccc3)[C@@H](CC(=O)N3CCOCC3)C2)CC1. The van der Waals surface area contributed by atoms with Gasteiger partial charge in [-0.1, -0.05) is 25.1 Å². The number of rotatable bonds is 7. The Morgan fingerprint density at radius 3 is 2.30 bits per heavy atom. The Bertz CT molecular complexity index is 763. The van der Waals surface area contributed by atoms with Gasteiger partial charge in [0.1, 0.15) is 11.9 Å². The monoisotopic (exact) mass is 458 g/mol. The number of hydrogen-bond acceptors (Lipinski definition) is 6. The van der Waals surface area contributed by atoms with Crippen LogP contribution >= 0.6 is 0 Å². The fourth-order valence-corrected chi connectivity index (χ4v) is 4.98. The Hall–Kier alpha value is -2.16. The van der Waals surface area contributed by atoms with Crippen LogP contribution in [0, 0.1) is 5.92 Å². The third-order valence-electron chi connectivity index (χ3n) is 7.12. The van der Waals surface area contributed by atoms with Crippen molar-refractivity contribution in [3.63, 3.8) is 0 Å². The average Bonchev–Trinajstić information content (AvgIpc) is 2.86. The molecule has 2 atom stereocenters. The molecule has 33 heavy (non-hydrogen) atoms. The van der Waals surface area contributed by atoms with Gasteiger partial charge in [0.05, 0.1) is 19.8 Å². The van der Waals surface area contributed by atoms with Crippen LogP contribution in [0.4, 0.5) is 0 Å². The Morgan fingerprint density at radius 2 is 1.61 bits per heavy atom. The van der Waals surface area contributed by atoms with Gasteiger partial charge in [-0.15, -0.1) is 0 Å². The number of benzene rings is 1. The van der Waals surface area contributed by atoms with Crippen molar-refractivity contribution in [2.75, 3.05) is 78.7 Å². The molecule has 3 aliphatic heterocycles. The number of likely N-dealkylation sites (N-methyl/N-ethyl adjacent to an activating group) is 1. The van der Waals surface area contributed by atoms with Crippen molar-refractivity contribution in [3.8, 4) is 5.75 Å². The van der Waals surface area contributed by atoms with Crippen molar-refractivity contribution < 1.29 is 19.1 Å². The summed E-state index contributed by atoms with van der Waals surface area (Å²) in [4.78, 5) is 34.7. The van der Waals surface area contributed by atoms with Gasteiger partial charge in [0.2, 0.25) is 11.8 Å². The second kappa shape index (κ2) is 11.8. The van der Waals surface area contributed by atoms with Crippen molar-refractivity contribution >= 4 is 11.8 Å². The van der Waals surface area contributed by atoms with Crippen LogP contribution in [0.3, 0.4) is 0 Å². The minimum absolute atomic E-state index is 0.0183. The fraction of sp³-hybridized carbons (Fsp3) is 0.680. The second-order valence-electron chi connectivity index (χ2n) is 9.27. The summed E-state index contributed by atoms with van der Waals surface area (Å²) in [5.41, 5.74) is 0. The lowest BCUT2D eigenvalue weighted by atomic mass is 9.90. The largest absolute Gasteiger partial charge is 0.490 e. The van der Waals surface area contributed by atoms with Gasteiger partial charge >= 0.3 is 0 Å². The Kier molecular flexibility index (Phi) is 8.58. The van der Waals surface area contributed by atoms with E-state index in [1.54, 1.807) is 0 Å². The van der Waals surface area contributed by atoms with Gasteiger partial charge in [-0.05, 0) is 18.7 Å². The highest BCUT2D eigenvalue weighted by atomic mass is 16.5. The third kappa shape index (κ3) is 6.68. The molecule has 0 aromatic heterocycles. The molecular formula is C25H38N4O4. The highest BCUT2D eigenvalue weighted by Gasteiger charge is 2.36. The van der Waals surface area contributed by atoms with Gasteiger partial charge in [-0.25, -0.2) is 0 Å². The van der Waals surface area contributed by atoms with Crippen molar-refractivity contribution in [1.29, 1.82) is 0 Å². The molecule has 1 aromatic rings. The van der Waals surface area contributed by atoms with E-state index in [2.05, 4.69) is 16.7 Å². The van der Waals surface area contributed by atoms with Crippen LogP contribution < -0.4 is 4.74 Å². The molecule has 182 valence electrons. The molecule has 3 fully saturated rings. The zero-order valence-corrected chi connectivity index (χ0v) is 19.9. The number of piperazine rings is 1. The minimum Gasteiger partial charge on any atom is -0.490 e. The van der Waals surface area contributed by atoms with Crippen LogP contribution in [-0.2, 0) is 14.3 Å². The summed E-state index contributed by atoms with van der Waals surface area (Å²) in [5, 5.41) is 0. The maximum Gasteiger partial charge on any atom is 0.236 e. The summed E-state index contributed by atoms with van der Waals surface area (Å²) in [6.45, 7) is 11.3. The molecular weight excluding hydrogens is 420 g/mol. The first-order chi connectivity index (χ1) is 16.1. The number of morpholine rings is 1. The number of piperidine rings is 1. The lowest BCUT2D eigenvalue weighted by Gasteiger charge is -2.40. The van der Waals surface area contributed by atoms with Gasteiger partial charge < -0.3 is 24.2 Å². The quantitative estimate of drug-likeness (QED) is 0.611. The van der Waals surface area contributed by atoms with Crippen molar-refractivity contribution in [1.82, 2.24) is 19.6 Å². The first-order valence-corrected chi connectivity index (χ1v) is 12.4. The predicted molar refractivity (Wildman–Crippen MR) is 126 cm³/mol. The number of para-hydroxylation sites is 1. The summed E-state index contributed by atoms with van der Waals surface area (Å²) in [5.74, 6) is 1.10. The van der Waals surface area contributed by atoms with E-state index in [4.69, 9.17) is 9.47 Å². The summed E-state index contributed by atoms with van der Waals surface area (Å²) in [6.07, 6.45) is 1.07. The number of ether oxygens (including phenoxy) is 2. The molecule has 0 radical (unpaired) electrons. The molecule has 4 rings (SSSR count). The number of amides is 2. The highest BCUT2D eigenvalue weighted by molar-refractivity contribution is 5.79. The Labute approximate surface area is 197 Å². The molecule has 0 saturated carbocycles. The lowest BCUT2D eigenvalue weighted by molar-refractivity contribution is -0.142. The number of likely N-dealkylation sites (tertiary alicyclic amines) is 1. The summed E-state index contributed by atoms with van der Waals surface area (Å²) in [7, 11) is 0. The van der Waals surface area contributed by atoms with Crippen LogP contribution in [0.5, 0.6) is 5.75 Å². The minimum atomic E-state index is -0.0745. The first-order valence-electron chi connectivity index (χ1n) is 12.4. The van der Waals surface area contributed by atoms with Gasteiger partial charge in [0.15, 0.2) is 0 Å². The van der Waals surface area contributed by atoms with Crippen molar-refractivity contribution in [2.24, 2.45) is 5.92 Å². The summed E-state index contributed by atoms with van der Waals surface area (Å²) in [6, 6.07) is 9.79. The fourth-order valence-electron chi connectivity index (χ4n) is 4.98. The van der Waals surface area contributed by atoms with E-state index in [9.17, 15) is 9.59 Å². The molecule has 8 nitrogen and oxygen atoms in total. The molecule has 3 aliphatic rings. The zero-order chi connectivity index (χ0) is 23.0. The topological polar surface area (TPSA) is 65.6 Å². The van der Waals surface area contributed by atoms with Crippen LogP contribution in [0.25, 0.3) is 0 Å². The van der Waals surface area contributed by atoms with Gasteiger partial charge in [-0.2, -0.15) is 0 Å². The molecule has 0 bridgehead atoms. The van der Waals surface area contributed by atoms with E-state index in [1.165, 1.54) is 0 Å². The second-order valence-corrected chi connectivity index (χ2v) is 9.27. The van der Waals surface area contributed by atoms with Gasteiger partial charge in [0.25, 0.3) is 0 Å². The molecule has 0 N–H and O–H groups in total. The van der Waals surface area contributed by atoms with Gasteiger partial charge in [0, 0.05) is 71.1 Å². The predicted octanol–water partition coefficient (Wildman–Crippen LogP) is 1.17. The summed E-state index contributed by atoms with van der Waals surface area (Å²) < 4.78 is 11.7. The van der Waals surface area contributed by atoms with E-state index in [1.807, 2.05) is 40.1 Å². The van der Waals surface area contributed by atoms with Gasteiger partial charge in [-0.3, -0.25) is 14.5 Å². The molecule has 0 spiro atoms. The maximum atomic E-state index is 13.1. The van der Waals surface area contributed by atoms with Crippen molar-refractivity contribution in [3.05, 3.63) is 30.3 Å². The van der Waals surface area contributed by atoms with Crippen LogP contribution in [-0.4, -0.2) is 116 Å². The van der Waals surface area contributed by atoms with Crippen molar-refractivity contribution in [2.45, 2.75) is 25.9 Å². The smallest absolute Gasteiger partial charge is 0.236 e. The molecule has 3 saturated heterocycles. The first kappa shape index (κ1) is 24.0. The van der Waals surface area contributed by atoms with E-state index in [0.29, 0.717) is 52.4 Å². The third-order valence-corrected chi connectivity index (χ3v) is 7.12. The number of nitrogens with zero attached hydrogens (tertiary/aromatic N) is 4. The molecule has 0 aliphatic carbocycles. The Balaban J connectivity index is 1.37. The maximum absolute atomic E-state index is 13.1. The van der Waals surface area contributed by atoms with Crippen LogP contribution in [0.2, 0.25) is 0 Å². The molecule has 1 aromatic carbocycles. The van der Waals surface area contributed by atoms with E-state index < -0.39 is 0 Å². The van der Waals surface area contributed by atoms with E-state index in [0.717, 1.165) is 44.9 Å². The van der Waals surface area contributed by atoms with E-state index in [-0.39, 0.29) is 23.8 Å². The Morgan fingerprint density at radius 1 is 0.909 bits per heavy atom. The average molecular weight is 459 g/mol. The zero-order valence-electron chi connectivity index (χ0n) is 19.9. The number of carbonyl (C=O) groups excluding carboxylic acids is 2. The normalized spacial score (nSPS) is 25.1. The number of hydrogen-bond donors (Lipinski definition) is 0. The van der Waals surface area contributed by atoms with Crippen LogP contribution in [0.15, 0.2) is 30.3 Å². The molecule has 3 heterocycles.